The fraction of sp³-hybridized carbons (Fsp3) is 0.371. The third-order valence-electron chi connectivity index (χ3n) is 8.52. The molecule has 2 heterocycles. The predicted molar refractivity (Wildman–Crippen MR) is 179 cm³/mol. The summed E-state index contributed by atoms with van der Waals surface area (Å²) in [6.45, 7) is 5.35. The van der Waals surface area contributed by atoms with Crippen molar-refractivity contribution < 1.29 is 28.3 Å². The number of pyridine rings is 1. The van der Waals surface area contributed by atoms with Crippen molar-refractivity contribution in [3.8, 4) is 39.8 Å². The van der Waals surface area contributed by atoms with Gasteiger partial charge in [0, 0.05) is 30.4 Å². The van der Waals surface area contributed by atoms with Crippen molar-refractivity contribution in [1.29, 1.82) is 0 Å². The lowest BCUT2D eigenvalue weighted by atomic mass is 9.95. The van der Waals surface area contributed by atoms with E-state index in [9.17, 15) is 14.4 Å². The Morgan fingerprint density at radius 2 is 1.88 bits per heavy atom. The lowest BCUT2D eigenvalue weighted by Crippen LogP contribution is -2.44. The lowest BCUT2D eigenvalue weighted by Gasteiger charge is -2.23. The Bertz CT molecular complexity index is 1850. The number of anilines is 1. The van der Waals surface area contributed by atoms with Gasteiger partial charge in [-0.15, -0.1) is 0 Å². The second-order valence-electron chi connectivity index (χ2n) is 11.6. The van der Waals surface area contributed by atoms with E-state index in [1.807, 2.05) is 32.0 Å². The van der Waals surface area contributed by atoms with Crippen LogP contribution >= 0.6 is 0 Å². The van der Waals surface area contributed by atoms with Crippen LogP contribution in [0.1, 0.15) is 56.7 Å². The van der Waals surface area contributed by atoms with Gasteiger partial charge in [-0.3, -0.25) is 19.4 Å². The van der Waals surface area contributed by atoms with Gasteiger partial charge in [-0.05, 0) is 65.8 Å². The van der Waals surface area contributed by atoms with E-state index in [1.165, 1.54) is 20.1 Å². The highest BCUT2D eigenvalue weighted by Gasteiger charge is 2.30. The number of methoxy groups -OCH3 is 3. The Morgan fingerprint density at radius 1 is 1.08 bits per heavy atom. The van der Waals surface area contributed by atoms with E-state index >= 15 is 0 Å². The first-order valence-electron chi connectivity index (χ1n) is 15.7. The van der Waals surface area contributed by atoms with Gasteiger partial charge in [0.25, 0.3) is 0 Å². The van der Waals surface area contributed by atoms with E-state index < -0.39 is 12.1 Å². The molecule has 0 spiro atoms. The largest absolute Gasteiger partial charge is 0.493 e. The van der Waals surface area contributed by atoms with Crippen molar-refractivity contribution in [2.45, 2.75) is 58.7 Å². The number of benzene rings is 1. The number of hydrogen-bond acceptors (Lipinski definition) is 11. The topological polar surface area (TPSA) is 167 Å². The quantitative estimate of drug-likeness (QED) is 0.197. The van der Waals surface area contributed by atoms with Crippen LogP contribution < -0.4 is 35.6 Å². The maximum atomic E-state index is 13.9. The summed E-state index contributed by atoms with van der Waals surface area (Å²) in [6.07, 6.45) is 5.04. The van der Waals surface area contributed by atoms with Gasteiger partial charge in [0.1, 0.15) is 6.04 Å². The molecule has 252 valence electrons. The number of ether oxygens (including phenoxy) is 3. The molecule has 1 aliphatic rings. The number of nitrogens with zero attached hydrogens (tertiary/aromatic N) is 3. The molecule has 1 aliphatic carbocycles. The summed E-state index contributed by atoms with van der Waals surface area (Å²) in [5, 5.41) is 13.1. The number of hydrogen-bond donors (Lipinski definition) is 3. The maximum absolute atomic E-state index is 13.9. The average molecular weight is 657 g/mol. The molecule has 3 atom stereocenters. The molecule has 13 heteroatoms. The average Bonchev–Trinajstić information content (AvgIpc) is 3.46. The van der Waals surface area contributed by atoms with Gasteiger partial charge in [-0.2, -0.15) is 4.98 Å². The Morgan fingerprint density at radius 3 is 2.54 bits per heavy atom. The normalized spacial score (nSPS) is 14.8. The first-order valence-corrected chi connectivity index (χ1v) is 15.7. The van der Waals surface area contributed by atoms with Gasteiger partial charge in [0.05, 0.1) is 39.6 Å². The van der Waals surface area contributed by atoms with Crippen LogP contribution in [0.4, 0.5) is 5.69 Å². The third-order valence-corrected chi connectivity index (χ3v) is 8.52. The fourth-order valence-electron chi connectivity index (χ4n) is 5.91. The van der Waals surface area contributed by atoms with Gasteiger partial charge in [-0.1, -0.05) is 31.5 Å². The van der Waals surface area contributed by atoms with E-state index in [0.717, 1.165) is 11.1 Å². The second-order valence-corrected chi connectivity index (χ2v) is 11.6. The summed E-state index contributed by atoms with van der Waals surface area (Å²) in [4.78, 5) is 48.2. The zero-order valence-electron chi connectivity index (χ0n) is 27.9. The van der Waals surface area contributed by atoms with Crippen molar-refractivity contribution in [2.24, 2.45) is 5.92 Å². The van der Waals surface area contributed by atoms with Gasteiger partial charge in [0.15, 0.2) is 11.5 Å². The summed E-state index contributed by atoms with van der Waals surface area (Å²) in [5.41, 5.74) is 3.54. The molecule has 0 bridgehead atoms. The van der Waals surface area contributed by atoms with Crippen LogP contribution in [0.5, 0.6) is 17.2 Å². The molecule has 0 fully saturated rings. The Kier molecular flexibility index (Phi) is 10.6. The fourth-order valence-corrected chi connectivity index (χ4v) is 5.91. The third kappa shape index (κ3) is 7.09. The summed E-state index contributed by atoms with van der Waals surface area (Å²) in [6, 6.07) is 9.26. The summed E-state index contributed by atoms with van der Waals surface area (Å²) in [5.74, 6) is 1.27. The van der Waals surface area contributed by atoms with Gasteiger partial charge >= 0.3 is 0 Å². The van der Waals surface area contributed by atoms with Crippen molar-refractivity contribution in [2.75, 3.05) is 26.6 Å². The number of carbonyl (C=O) groups excluding carboxylic acids is 2. The highest BCUT2D eigenvalue weighted by atomic mass is 16.5. The van der Waals surface area contributed by atoms with E-state index in [0.29, 0.717) is 59.0 Å². The summed E-state index contributed by atoms with van der Waals surface area (Å²) >= 11 is 0. The Balaban J connectivity index is 1.50. The van der Waals surface area contributed by atoms with E-state index in [2.05, 4.69) is 31.1 Å². The van der Waals surface area contributed by atoms with E-state index in [1.54, 1.807) is 38.7 Å². The molecule has 3 N–H and O–H groups in total. The molecular weight excluding hydrogens is 616 g/mol. The van der Waals surface area contributed by atoms with Crippen molar-refractivity contribution in [3.63, 3.8) is 0 Å². The molecule has 48 heavy (non-hydrogen) atoms. The van der Waals surface area contributed by atoms with E-state index in [4.69, 9.17) is 18.7 Å². The first-order chi connectivity index (χ1) is 23.2. The minimum Gasteiger partial charge on any atom is -0.493 e. The monoisotopic (exact) mass is 656 g/mol. The molecule has 13 nitrogen and oxygen atoms in total. The van der Waals surface area contributed by atoms with E-state index in [-0.39, 0.29) is 41.3 Å². The van der Waals surface area contributed by atoms with Crippen LogP contribution in [0.3, 0.4) is 0 Å². The molecule has 0 radical (unpaired) electrons. The van der Waals surface area contributed by atoms with Crippen LogP contribution in [0.2, 0.25) is 0 Å². The van der Waals surface area contributed by atoms with Crippen molar-refractivity contribution in [1.82, 2.24) is 25.8 Å². The molecule has 3 unspecified atom stereocenters. The smallest absolute Gasteiger partial charge is 0.246 e. The SMILES string of the molecule is CCC(C)C(Nc1ccc2c(cc1=O)C(NC(C)=O)CCc1cc(OC)c(OC)c(OC)c1-2)C(=O)NCc1nc(-c2cccnc2)no1. The first kappa shape index (κ1) is 33.9. The number of aromatic nitrogens is 3. The van der Waals surface area contributed by atoms with Crippen molar-refractivity contribution >= 4 is 17.5 Å². The molecule has 0 aliphatic heterocycles. The van der Waals surface area contributed by atoms with Crippen LogP contribution in [0, 0.1) is 5.92 Å². The predicted octanol–water partition coefficient (Wildman–Crippen LogP) is 4.45. The van der Waals surface area contributed by atoms with Crippen LogP contribution in [0.25, 0.3) is 22.5 Å². The number of aryl methyl sites for hydroxylation is 1. The zero-order chi connectivity index (χ0) is 34.4. The molecule has 0 saturated heterocycles. The van der Waals surface area contributed by atoms with Gasteiger partial charge in [-0.25, -0.2) is 0 Å². The number of carbonyl (C=O) groups is 2. The van der Waals surface area contributed by atoms with Crippen molar-refractivity contribution in [3.05, 3.63) is 76.0 Å². The Hall–Kier alpha value is -5.46. The Labute approximate surface area is 278 Å². The van der Waals surface area contributed by atoms with Gasteiger partial charge < -0.3 is 34.7 Å². The molecular formula is C35H40N6O7. The zero-order valence-corrected chi connectivity index (χ0v) is 27.9. The standard InChI is InChI=1S/C35H40N6O7/c1-7-19(2)31(35(44)37-18-29-40-34(41-48-29)22-9-8-14-36-17-22)39-26-13-11-23-24(16-27(26)43)25(38-20(3)42)12-10-21-15-28(45-4)32(46-5)33(47-6)30(21)23/h8-9,11,13-17,19,25,31H,7,10,12,18H2,1-6H3,(H,37,44)(H,38,42)(H,39,43). The highest BCUT2D eigenvalue weighted by Crippen LogP contribution is 2.50. The summed E-state index contributed by atoms with van der Waals surface area (Å²) < 4.78 is 22.5. The molecule has 2 aromatic carbocycles. The van der Waals surface area contributed by atoms with Crippen LogP contribution in [0.15, 0.2) is 58.1 Å². The number of amides is 2. The maximum Gasteiger partial charge on any atom is 0.246 e. The molecule has 5 rings (SSSR count). The molecule has 4 aromatic rings. The summed E-state index contributed by atoms with van der Waals surface area (Å²) in [7, 11) is 4.64. The van der Waals surface area contributed by atoms with Gasteiger partial charge in [0.2, 0.25) is 34.7 Å². The molecule has 2 aromatic heterocycles. The number of nitrogens with one attached hydrogen (secondary N) is 3. The van der Waals surface area contributed by atoms with Crippen LogP contribution in [-0.4, -0.2) is 54.3 Å². The molecule has 2 amide bonds. The number of rotatable bonds is 12. The lowest BCUT2D eigenvalue weighted by molar-refractivity contribution is -0.123. The molecule has 0 saturated carbocycles. The van der Waals surface area contributed by atoms with Crippen LogP contribution in [-0.2, 0) is 22.6 Å². The minimum atomic E-state index is -0.761. The number of fused-ring (bicyclic) bond motifs is 3. The minimum absolute atomic E-state index is 0.00206. The highest BCUT2D eigenvalue weighted by molar-refractivity contribution is 5.86. The second kappa shape index (κ2) is 15.0.